The lowest BCUT2D eigenvalue weighted by Gasteiger charge is -2.14. The van der Waals surface area contributed by atoms with E-state index in [1.165, 1.54) is 13.0 Å². The fourth-order valence-electron chi connectivity index (χ4n) is 2.86. The van der Waals surface area contributed by atoms with Crippen LogP contribution in [0, 0.1) is 0 Å². The minimum Gasteiger partial charge on any atom is -0.453 e. The van der Waals surface area contributed by atoms with Gasteiger partial charge in [-0.05, 0) is 6.07 Å². The summed E-state index contributed by atoms with van der Waals surface area (Å²) in [7, 11) is -1.81. The molecule has 0 aliphatic carbocycles. The smallest absolute Gasteiger partial charge is 0.231 e. The number of carbonyl (C=O) groups excluding carboxylic acids is 1. The number of amides is 1. The van der Waals surface area contributed by atoms with E-state index in [1.54, 1.807) is 36.3 Å². The Balaban J connectivity index is 1.84. The number of pyridine rings is 2. The van der Waals surface area contributed by atoms with Crippen LogP contribution in [0.1, 0.15) is 6.92 Å². The molecule has 0 bridgehead atoms. The molecule has 1 aliphatic heterocycles. The molecule has 1 aliphatic rings. The third kappa shape index (κ3) is 3.89. The molecule has 0 saturated heterocycles. The molecule has 0 spiro atoms. The topological polar surface area (TPSA) is 137 Å². The number of fused-ring (bicyclic) bond motifs is 1. The summed E-state index contributed by atoms with van der Waals surface area (Å²) in [5.41, 5.74) is 1.72. The first-order chi connectivity index (χ1) is 14.2. The van der Waals surface area contributed by atoms with Crippen LogP contribution in [-0.2, 0) is 21.7 Å². The number of aryl methyl sites for hydroxylation is 1. The largest absolute Gasteiger partial charge is 0.453 e. The van der Waals surface area contributed by atoms with Crippen molar-refractivity contribution in [3.8, 4) is 22.8 Å². The molecule has 2 N–H and O–H groups in total. The summed E-state index contributed by atoms with van der Waals surface area (Å²) < 4.78 is 36.6. The van der Waals surface area contributed by atoms with Gasteiger partial charge in [-0.2, -0.15) is 5.10 Å². The van der Waals surface area contributed by atoms with Crippen molar-refractivity contribution in [3.63, 3.8) is 0 Å². The first kappa shape index (κ1) is 19.6. The SMILES string of the molecule is CC(=O)Nc1cc(Nc2nc(S(C)(=O)=O)cc3c2OCO3)c(-c2ccn(C)n2)cn1. The summed E-state index contributed by atoms with van der Waals surface area (Å²) in [4.78, 5) is 19.9. The molecule has 0 saturated carbocycles. The van der Waals surface area contributed by atoms with Crippen LogP contribution in [-0.4, -0.2) is 47.1 Å². The van der Waals surface area contributed by atoms with Crippen molar-refractivity contribution < 1.29 is 22.7 Å². The number of nitrogens with one attached hydrogen (secondary N) is 2. The second-order valence-corrected chi connectivity index (χ2v) is 8.57. The summed E-state index contributed by atoms with van der Waals surface area (Å²) >= 11 is 0. The molecular weight excluding hydrogens is 412 g/mol. The molecule has 0 atom stereocenters. The van der Waals surface area contributed by atoms with Crippen LogP contribution >= 0.6 is 0 Å². The van der Waals surface area contributed by atoms with E-state index in [-0.39, 0.29) is 35.0 Å². The van der Waals surface area contributed by atoms with Crippen molar-refractivity contribution in [1.29, 1.82) is 0 Å². The average molecular weight is 430 g/mol. The van der Waals surface area contributed by atoms with E-state index in [0.29, 0.717) is 22.8 Å². The van der Waals surface area contributed by atoms with Gasteiger partial charge in [0.05, 0.1) is 11.4 Å². The number of rotatable bonds is 5. The van der Waals surface area contributed by atoms with Gasteiger partial charge in [-0.15, -0.1) is 0 Å². The number of nitrogens with zero attached hydrogens (tertiary/aromatic N) is 4. The summed E-state index contributed by atoms with van der Waals surface area (Å²) in [6, 6.07) is 4.71. The molecule has 0 aromatic carbocycles. The van der Waals surface area contributed by atoms with E-state index < -0.39 is 9.84 Å². The van der Waals surface area contributed by atoms with E-state index >= 15 is 0 Å². The highest BCUT2D eigenvalue weighted by Gasteiger charge is 2.25. The lowest BCUT2D eigenvalue weighted by Crippen LogP contribution is -2.09. The molecule has 0 fully saturated rings. The standard InChI is InChI=1S/C18H18N6O5S/c1-10(25)20-15-6-13(11(8-19-15)12-4-5-24(2)23-12)21-18-17-14(28-9-29-17)7-16(22-18)30(3,26)27/h4-8H,9H2,1-3H3,(H2,19,20,21,22,25). The minimum atomic E-state index is -3.59. The third-order valence-electron chi connectivity index (χ3n) is 4.16. The van der Waals surface area contributed by atoms with Gasteiger partial charge in [0.15, 0.2) is 26.4 Å². The third-order valence-corrected chi connectivity index (χ3v) is 5.13. The molecule has 4 heterocycles. The molecule has 30 heavy (non-hydrogen) atoms. The number of carbonyl (C=O) groups is 1. The maximum Gasteiger partial charge on any atom is 0.231 e. The minimum absolute atomic E-state index is 0.0561. The number of anilines is 3. The van der Waals surface area contributed by atoms with Gasteiger partial charge < -0.3 is 20.1 Å². The summed E-state index contributed by atoms with van der Waals surface area (Å²) in [6.45, 7) is 1.32. The Morgan fingerprint density at radius 1 is 1.27 bits per heavy atom. The lowest BCUT2D eigenvalue weighted by molar-refractivity contribution is -0.114. The molecule has 156 valence electrons. The van der Waals surface area contributed by atoms with Gasteiger partial charge >= 0.3 is 0 Å². The quantitative estimate of drug-likeness (QED) is 0.619. The Kier molecular flexibility index (Phi) is 4.78. The van der Waals surface area contributed by atoms with Gasteiger partial charge in [0, 0.05) is 50.3 Å². The van der Waals surface area contributed by atoms with E-state index in [1.807, 2.05) is 0 Å². The van der Waals surface area contributed by atoms with Crippen LogP contribution in [0.2, 0.25) is 0 Å². The van der Waals surface area contributed by atoms with Crippen molar-refractivity contribution in [3.05, 3.63) is 30.6 Å². The summed E-state index contributed by atoms with van der Waals surface area (Å²) in [6.07, 6.45) is 4.38. The zero-order chi connectivity index (χ0) is 21.5. The molecule has 12 heteroatoms. The molecule has 0 unspecified atom stereocenters. The highest BCUT2D eigenvalue weighted by molar-refractivity contribution is 7.90. The van der Waals surface area contributed by atoms with Crippen LogP contribution in [0.15, 0.2) is 35.6 Å². The maximum absolute atomic E-state index is 12.0. The maximum atomic E-state index is 12.0. The fourth-order valence-corrected chi connectivity index (χ4v) is 3.44. The Hall–Kier alpha value is -3.67. The van der Waals surface area contributed by atoms with Gasteiger partial charge in [-0.25, -0.2) is 18.4 Å². The van der Waals surface area contributed by atoms with Gasteiger partial charge in [0.2, 0.25) is 18.4 Å². The first-order valence-electron chi connectivity index (χ1n) is 8.76. The number of ether oxygens (including phenoxy) is 2. The monoisotopic (exact) mass is 430 g/mol. The Morgan fingerprint density at radius 3 is 2.73 bits per heavy atom. The Bertz CT molecular complexity index is 1250. The molecule has 3 aromatic rings. The van der Waals surface area contributed by atoms with Crippen LogP contribution in [0.5, 0.6) is 11.5 Å². The zero-order valence-electron chi connectivity index (χ0n) is 16.3. The van der Waals surface area contributed by atoms with Crippen LogP contribution in [0.4, 0.5) is 17.3 Å². The van der Waals surface area contributed by atoms with Crippen molar-refractivity contribution in [1.82, 2.24) is 19.7 Å². The van der Waals surface area contributed by atoms with Crippen LogP contribution < -0.4 is 20.1 Å². The Morgan fingerprint density at radius 2 is 2.07 bits per heavy atom. The zero-order valence-corrected chi connectivity index (χ0v) is 17.1. The van der Waals surface area contributed by atoms with Gasteiger partial charge in [-0.3, -0.25) is 9.48 Å². The average Bonchev–Trinajstić information content (AvgIpc) is 3.29. The van der Waals surface area contributed by atoms with Gasteiger partial charge in [0.1, 0.15) is 5.82 Å². The first-order valence-corrected chi connectivity index (χ1v) is 10.7. The van der Waals surface area contributed by atoms with E-state index in [4.69, 9.17) is 9.47 Å². The Labute approximate surface area is 172 Å². The number of aromatic nitrogens is 4. The van der Waals surface area contributed by atoms with Gasteiger partial charge in [0.25, 0.3) is 0 Å². The van der Waals surface area contributed by atoms with Crippen LogP contribution in [0.3, 0.4) is 0 Å². The summed E-state index contributed by atoms with van der Waals surface area (Å²) in [5, 5.41) is 9.92. The van der Waals surface area contributed by atoms with Gasteiger partial charge in [-0.1, -0.05) is 0 Å². The predicted octanol–water partition coefficient (Wildman–Crippen LogP) is 1.71. The number of hydrogen-bond donors (Lipinski definition) is 2. The number of sulfone groups is 1. The second-order valence-electron chi connectivity index (χ2n) is 6.61. The highest BCUT2D eigenvalue weighted by atomic mass is 32.2. The fraction of sp³-hybridized carbons (Fsp3) is 0.222. The lowest BCUT2D eigenvalue weighted by atomic mass is 10.1. The van der Waals surface area contributed by atoms with Crippen molar-refractivity contribution in [2.75, 3.05) is 23.7 Å². The van der Waals surface area contributed by atoms with Crippen molar-refractivity contribution >= 4 is 33.1 Å². The highest BCUT2D eigenvalue weighted by Crippen LogP contribution is 2.42. The molecule has 1 amide bonds. The molecule has 11 nitrogen and oxygen atoms in total. The van der Waals surface area contributed by atoms with Crippen molar-refractivity contribution in [2.24, 2.45) is 7.05 Å². The molecular formula is C18H18N6O5S. The van der Waals surface area contributed by atoms with E-state index in [0.717, 1.165) is 6.26 Å². The molecule has 3 aromatic heterocycles. The molecule has 4 rings (SSSR count). The second kappa shape index (κ2) is 7.30. The predicted molar refractivity (Wildman–Crippen MR) is 107 cm³/mol. The van der Waals surface area contributed by atoms with Crippen LogP contribution in [0.25, 0.3) is 11.3 Å². The van der Waals surface area contributed by atoms with E-state index in [9.17, 15) is 13.2 Å². The van der Waals surface area contributed by atoms with Crippen molar-refractivity contribution in [2.45, 2.75) is 11.9 Å². The molecule has 0 radical (unpaired) electrons. The number of hydrogen-bond acceptors (Lipinski definition) is 9. The van der Waals surface area contributed by atoms with E-state index in [2.05, 4.69) is 25.7 Å². The normalized spacial score (nSPS) is 12.6. The summed E-state index contributed by atoms with van der Waals surface area (Å²) in [5.74, 6) is 0.727.